The second kappa shape index (κ2) is 6.38. The van der Waals surface area contributed by atoms with Crippen LogP contribution in [0.15, 0.2) is 30.5 Å². The van der Waals surface area contributed by atoms with E-state index in [1.807, 2.05) is 32.0 Å². The maximum atomic E-state index is 10.4. The van der Waals surface area contributed by atoms with Gasteiger partial charge >= 0.3 is 0 Å². The monoisotopic (exact) mass is 336 g/mol. The highest BCUT2D eigenvalue weighted by Crippen LogP contribution is 2.33. The smallest absolute Gasteiger partial charge is 0.179 e. The minimum atomic E-state index is -0.106. The number of aromatic nitrogens is 3. The van der Waals surface area contributed by atoms with Gasteiger partial charge in [-0.2, -0.15) is 0 Å². The predicted molar refractivity (Wildman–Crippen MR) is 95.5 cm³/mol. The van der Waals surface area contributed by atoms with Gasteiger partial charge in [0.2, 0.25) is 0 Å². The standard InChI is InChI=1S/C19H20N4O2/c1-11-7-12(2)18(16(24)8-11)13-3-4-14-19(22-13)23-15(9-21-14)17-10-20-5-6-25-17/h3-4,7-9,17,20,24H,5-6,10H2,1-2H3/t17-/m1/s1. The van der Waals surface area contributed by atoms with Crippen molar-refractivity contribution in [3.05, 3.63) is 47.3 Å². The zero-order valence-corrected chi connectivity index (χ0v) is 14.3. The molecule has 1 aliphatic heterocycles. The van der Waals surface area contributed by atoms with Crippen LogP contribution in [0.1, 0.15) is 22.9 Å². The number of morpholine rings is 1. The Morgan fingerprint density at radius 1 is 1.20 bits per heavy atom. The Morgan fingerprint density at radius 3 is 2.84 bits per heavy atom. The first-order valence-corrected chi connectivity index (χ1v) is 8.38. The molecule has 1 aromatic carbocycles. The lowest BCUT2D eigenvalue weighted by molar-refractivity contribution is 0.0250. The van der Waals surface area contributed by atoms with Crippen LogP contribution in [0.5, 0.6) is 5.75 Å². The molecule has 0 unspecified atom stereocenters. The van der Waals surface area contributed by atoms with E-state index in [0.29, 0.717) is 17.9 Å². The fourth-order valence-electron chi connectivity index (χ4n) is 3.24. The number of phenolic OH excluding ortho intramolecular Hbond substituents is 1. The van der Waals surface area contributed by atoms with E-state index in [-0.39, 0.29) is 11.9 Å². The summed E-state index contributed by atoms with van der Waals surface area (Å²) in [6, 6.07) is 7.53. The topological polar surface area (TPSA) is 80.2 Å². The molecule has 2 aromatic heterocycles. The SMILES string of the molecule is Cc1cc(C)c(-c2ccc3ncc([C@H]4CNCCO4)nc3n2)c(O)c1. The summed E-state index contributed by atoms with van der Waals surface area (Å²) >= 11 is 0. The third-order valence-electron chi connectivity index (χ3n) is 4.40. The van der Waals surface area contributed by atoms with E-state index in [0.717, 1.165) is 41.0 Å². The lowest BCUT2D eigenvalue weighted by atomic mass is 10.0. The van der Waals surface area contributed by atoms with Crippen molar-refractivity contribution in [3.8, 4) is 17.0 Å². The number of aryl methyl sites for hydroxylation is 2. The third kappa shape index (κ3) is 3.06. The van der Waals surface area contributed by atoms with Crippen LogP contribution in [0.25, 0.3) is 22.4 Å². The first-order chi connectivity index (χ1) is 12.1. The number of nitrogens with zero attached hydrogens (tertiary/aromatic N) is 3. The first-order valence-electron chi connectivity index (χ1n) is 8.38. The molecule has 0 spiro atoms. The van der Waals surface area contributed by atoms with Crippen LogP contribution in [0.3, 0.4) is 0 Å². The molecular formula is C19H20N4O2. The maximum absolute atomic E-state index is 10.4. The quantitative estimate of drug-likeness (QED) is 0.749. The summed E-state index contributed by atoms with van der Waals surface area (Å²) in [5, 5.41) is 13.6. The van der Waals surface area contributed by atoms with Gasteiger partial charge in [-0.15, -0.1) is 0 Å². The summed E-state index contributed by atoms with van der Waals surface area (Å²) in [7, 11) is 0. The van der Waals surface area contributed by atoms with Crippen LogP contribution in [-0.2, 0) is 4.74 Å². The van der Waals surface area contributed by atoms with Crippen molar-refractivity contribution in [2.45, 2.75) is 20.0 Å². The molecule has 0 bridgehead atoms. The molecule has 0 amide bonds. The molecule has 6 nitrogen and oxygen atoms in total. The van der Waals surface area contributed by atoms with Crippen LogP contribution >= 0.6 is 0 Å². The van der Waals surface area contributed by atoms with Crippen LogP contribution in [0.4, 0.5) is 0 Å². The normalized spacial score (nSPS) is 17.8. The molecule has 4 rings (SSSR count). The third-order valence-corrected chi connectivity index (χ3v) is 4.40. The van der Waals surface area contributed by atoms with Crippen molar-refractivity contribution in [3.63, 3.8) is 0 Å². The number of aromatic hydroxyl groups is 1. The Balaban J connectivity index is 1.79. The molecule has 128 valence electrons. The molecule has 1 aliphatic rings. The van der Waals surface area contributed by atoms with Gasteiger partial charge in [-0.05, 0) is 43.2 Å². The van der Waals surface area contributed by atoms with E-state index >= 15 is 0 Å². The number of nitrogens with one attached hydrogen (secondary N) is 1. The number of phenols is 1. The van der Waals surface area contributed by atoms with Crippen LogP contribution in [0.2, 0.25) is 0 Å². The molecule has 1 atom stereocenters. The van der Waals surface area contributed by atoms with Gasteiger partial charge in [0.15, 0.2) is 5.65 Å². The zero-order valence-electron chi connectivity index (χ0n) is 14.3. The van der Waals surface area contributed by atoms with Gasteiger partial charge in [0.1, 0.15) is 17.4 Å². The van der Waals surface area contributed by atoms with Gasteiger partial charge in [0.05, 0.1) is 24.2 Å². The van der Waals surface area contributed by atoms with E-state index < -0.39 is 0 Å². The van der Waals surface area contributed by atoms with Crippen LogP contribution in [-0.4, -0.2) is 39.8 Å². The van der Waals surface area contributed by atoms with Crippen LogP contribution < -0.4 is 5.32 Å². The summed E-state index contributed by atoms with van der Waals surface area (Å²) in [6.07, 6.45) is 1.64. The molecule has 1 fully saturated rings. The number of hydrogen-bond acceptors (Lipinski definition) is 6. The van der Waals surface area contributed by atoms with E-state index in [2.05, 4.69) is 20.3 Å². The van der Waals surface area contributed by atoms with Gasteiger partial charge in [-0.3, -0.25) is 4.98 Å². The van der Waals surface area contributed by atoms with E-state index in [4.69, 9.17) is 4.74 Å². The highest BCUT2D eigenvalue weighted by molar-refractivity contribution is 5.78. The Labute approximate surface area is 145 Å². The van der Waals surface area contributed by atoms with Gasteiger partial charge < -0.3 is 15.2 Å². The molecule has 3 aromatic rings. The van der Waals surface area contributed by atoms with Gasteiger partial charge in [0.25, 0.3) is 0 Å². The van der Waals surface area contributed by atoms with Crippen molar-refractivity contribution in [2.24, 2.45) is 0 Å². The van der Waals surface area contributed by atoms with Gasteiger partial charge in [0, 0.05) is 18.7 Å². The highest BCUT2D eigenvalue weighted by Gasteiger charge is 2.18. The molecule has 0 saturated carbocycles. The van der Waals surface area contributed by atoms with Crippen molar-refractivity contribution in [2.75, 3.05) is 19.7 Å². The second-order valence-corrected chi connectivity index (χ2v) is 6.37. The number of benzene rings is 1. The second-order valence-electron chi connectivity index (χ2n) is 6.37. The first kappa shape index (κ1) is 15.9. The fraction of sp³-hybridized carbons (Fsp3) is 0.316. The fourth-order valence-corrected chi connectivity index (χ4v) is 3.24. The number of rotatable bonds is 2. The van der Waals surface area contributed by atoms with Crippen molar-refractivity contribution < 1.29 is 9.84 Å². The molecule has 0 radical (unpaired) electrons. The van der Waals surface area contributed by atoms with E-state index in [9.17, 15) is 5.11 Å². The van der Waals surface area contributed by atoms with Crippen molar-refractivity contribution >= 4 is 11.2 Å². The van der Waals surface area contributed by atoms with Gasteiger partial charge in [-0.25, -0.2) is 9.97 Å². The minimum absolute atomic E-state index is 0.106. The molecule has 3 heterocycles. The number of pyridine rings is 1. The minimum Gasteiger partial charge on any atom is -0.507 e. The number of ether oxygens (including phenoxy) is 1. The Bertz CT molecular complexity index is 913. The lowest BCUT2D eigenvalue weighted by Gasteiger charge is -2.22. The molecular weight excluding hydrogens is 316 g/mol. The Kier molecular flexibility index (Phi) is 4.07. The molecule has 2 N–H and O–H groups in total. The molecule has 6 heteroatoms. The predicted octanol–water partition coefficient (Wildman–Crippen LogP) is 2.68. The zero-order chi connectivity index (χ0) is 17.4. The molecule has 25 heavy (non-hydrogen) atoms. The summed E-state index contributed by atoms with van der Waals surface area (Å²) in [4.78, 5) is 13.7. The van der Waals surface area contributed by atoms with E-state index in [1.165, 1.54) is 0 Å². The Hall–Kier alpha value is -2.57. The lowest BCUT2D eigenvalue weighted by Crippen LogP contribution is -2.33. The average Bonchev–Trinajstić information content (AvgIpc) is 2.61. The van der Waals surface area contributed by atoms with Gasteiger partial charge in [-0.1, -0.05) is 6.07 Å². The Morgan fingerprint density at radius 2 is 2.08 bits per heavy atom. The molecule has 0 aliphatic carbocycles. The van der Waals surface area contributed by atoms with E-state index in [1.54, 1.807) is 12.3 Å². The summed E-state index contributed by atoms with van der Waals surface area (Å²) in [6.45, 7) is 6.16. The van der Waals surface area contributed by atoms with Crippen LogP contribution in [0, 0.1) is 13.8 Å². The number of fused-ring (bicyclic) bond motifs is 1. The maximum Gasteiger partial charge on any atom is 0.179 e. The largest absolute Gasteiger partial charge is 0.507 e. The number of hydrogen-bond donors (Lipinski definition) is 2. The highest BCUT2D eigenvalue weighted by atomic mass is 16.5. The van der Waals surface area contributed by atoms with Crippen molar-refractivity contribution in [1.29, 1.82) is 0 Å². The average molecular weight is 336 g/mol. The summed E-state index contributed by atoms with van der Waals surface area (Å²) in [5.74, 6) is 0.230. The summed E-state index contributed by atoms with van der Waals surface area (Å²) < 4.78 is 5.75. The van der Waals surface area contributed by atoms with Crippen molar-refractivity contribution in [1.82, 2.24) is 20.3 Å². The summed E-state index contributed by atoms with van der Waals surface area (Å²) in [5.41, 5.74) is 5.47. The molecule has 1 saturated heterocycles.